The van der Waals surface area contributed by atoms with E-state index < -0.39 is 35.4 Å². The second-order valence-electron chi connectivity index (χ2n) is 8.48. The molecule has 0 saturated heterocycles. The van der Waals surface area contributed by atoms with Gasteiger partial charge in [0, 0.05) is 16.9 Å². The number of anilines is 3. The molecule has 12 heteroatoms. The zero-order valence-electron chi connectivity index (χ0n) is 20.3. The van der Waals surface area contributed by atoms with E-state index in [0.717, 1.165) is 5.56 Å². The number of methoxy groups -OCH3 is 1. The fourth-order valence-electron chi connectivity index (χ4n) is 4.06. The van der Waals surface area contributed by atoms with Crippen LogP contribution >= 0.6 is 0 Å². The van der Waals surface area contributed by atoms with Crippen LogP contribution in [-0.4, -0.2) is 19.0 Å². The third-order valence-electron chi connectivity index (χ3n) is 6.00. The number of carbonyl (C=O) groups is 1. The normalized spacial score (nSPS) is 14.9. The fourth-order valence-corrected chi connectivity index (χ4v) is 4.06. The number of urea groups is 1. The van der Waals surface area contributed by atoms with Crippen molar-refractivity contribution in [1.82, 2.24) is 0 Å². The first kappa shape index (κ1) is 25.8. The summed E-state index contributed by atoms with van der Waals surface area (Å²) < 4.78 is 63.6. The summed E-state index contributed by atoms with van der Waals surface area (Å²) >= 11 is 0. The minimum atomic E-state index is -4.68. The van der Waals surface area contributed by atoms with Crippen LogP contribution in [0.3, 0.4) is 0 Å². The van der Waals surface area contributed by atoms with Crippen LogP contribution in [0, 0.1) is 5.82 Å². The van der Waals surface area contributed by atoms with E-state index in [0.29, 0.717) is 52.6 Å². The molecule has 2 amide bonds. The summed E-state index contributed by atoms with van der Waals surface area (Å²) in [6.07, 6.45) is -3.82. The van der Waals surface area contributed by atoms with Crippen molar-refractivity contribution in [3.8, 4) is 5.75 Å². The monoisotopic (exact) mass is 539 g/mol. The SMILES string of the molecule is COc1ccc(C2=Nc3occc3C(N)N2c2ccc(NC(=O)Nc3cc(C(F)(F)F)ccc3F)cc2)cc1. The maximum atomic E-state index is 14.0. The zero-order valence-corrected chi connectivity index (χ0v) is 20.3. The first-order valence-corrected chi connectivity index (χ1v) is 11.5. The highest BCUT2D eigenvalue weighted by Crippen LogP contribution is 2.38. The van der Waals surface area contributed by atoms with Crippen molar-refractivity contribution >= 4 is 34.8 Å². The molecule has 8 nitrogen and oxygen atoms in total. The van der Waals surface area contributed by atoms with E-state index >= 15 is 0 Å². The fraction of sp³-hybridized carbons (Fsp3) is 0.111. The Morgan fingerprint density at radius 2 is 1.74 bits per heavy atom. The first-order chi connectivity index (χ1) is 18.6. The highest BCUT2D eigenvalue weighted by Gasteiger charge is 2.32. The number of nitrogens with zero attached hydrogens (tertiary/aromatic N) is 2. The van der Waals surface area contributed by atoms with Gasteiger partial charge >= 0.3 is 12.2 Å². The Bertz CT molecular complexity index is 1530. The van der Waals surface area contributed by atoms with E-state index in [1.165, 1.54) is 6.26 Å². The van der Waals surface area contributed by atoms with Crippen LogP contribution in [0.1, 0.15) is 22.9 Å². The third kappa shape index (κ3) is 5.27. The van der Waals surface area contributed by atoms with Crippen LogP contribution in [-0.2, 0) is 6.18 Å². The molecule has 5 rings (SSSR count). The largest absolute Gasteiger partial charge is 0.497 e. The van der Waals surface area contributed by atoms with Gasteiger partial charge in [0.25, 0.3) is 0 Å². The molecule has 2 heterocycles. The van der Waals surface area contributed by atoms with E-state index in [2.05, 4.69) is 15.6 Å². The summed E-state index contributed by atoms with van der Waals surface area (Å²) in [5.74, 6) is 0.576. The summed E-state index contributed by atoms with van der Waals surface area (Å²) in [6, 6.07) is 16.3. The van der Waals surface area contributed by atoms with Gasteiger partial charge < -0.3 is 30.4 Å². The number of carbonyl (C=O) groups excluding carboxylic acids is 1. The molecule has 0 aliphatic carbocycles. The Morgan fingerprint density at radius 1 is 1.03 bits per heavy atom. The molecule has 0 radical (unpaired) electrons. The van der Waals surface area contributed by atoms with Crippen LogP contribution in [0.15, 0.2) is 88.5 Å². The Morgan fingerprint density at radius 3 is 2.41 bits per heavy atom. The number of amides is 2. The van der Waals surface area contributed by atoms with Gasteiger partial charge in [-0.05, 0) is 72.8 Å². The number of hydrogen-bond acceptors (Lipinski definition) is 6. The maximum absolute atomic E-state index is 14.0. The molecule has 0 bridgehead atoms. The number of rotatable bonds is 5. The molecule has 3 aromatic carbocycles. The lowest BCUT2D eigenvalue weighted by atomic mass is 10.1. The molecule has 1 aromatic heterocycles. The van der Waals surface area contributed by atoms with Gasteiger partial charge in [0.05, 0.1) is 30.2 Å². The van der Waals surface area contributed by atoms with E-state index in [9.17, 15) is 22.4 Å². The quantitative estimate of drug-likeness (QED) is 0.247. The summed E-state index contributed by atoms with van der Waals surface area (Å²) in [4.78, 5) is 18.8. The number of fused-ring (bicyclic) bond motifs is 1. The lowest BCUT2D eigenvalue weighted by molar-refractivity contribution is -0.137. The Labute approximate surface area is 219 Å². The van der Waals surface area contributed by atoms with E-state index in [1.807, 2.05) is 12.1 Å². The van der Waals surface area contributed by atoms with Crippen molar-refractivity contribution in [2.75, 3.05) is 22.6 Å². The van der Waals surface area contributed by atoms with Crippen molar-refractivity contribution in [1.29, 1.82) is 0 Å². The number of aliphatic imine (C=N–C) groups is 1. The summed E-state index contributed by atoms with van der Waals surface area (Å²) in [5, 5.41) is 4.58. The smallest absolute Gasteiger partial charge is 0.416 e. The van der Waals surface area contributed by atoms with E-state index in [-0.39, 0.29) is 0 Å². The molecule has 1 unspecified atom stereocenters. The number of hydrogen-bond donors (Lipinski definition) is 3. The number of benzene rings is 3. The molecule has 1 aliphatic heterocycles. The number of nitrogens with one attached hydrogen (secondary N) is 2. The molecule has 4 aromatic rings. The van der Waals surface area contributed by atoms with E-state index in [4.69, 9.17) is 14.9 Å². The predicted octanol–water partition coefficient (Wildman–Crippen LogP) is 6.65. The molecular weight excluding hydrogens is 518 g/mol. The molecular formula is C27H21F4N5O3. The molecule has 1 atom stereocenters. The molecule has 4 N–H and O–H groups in total. The number of alkyl halides is 3. The van der Waals surface area contributed by atoms with Gasteiger partial charge in [0.15, 0.2) is 0 Å². The van der Waals surface area contributed by atoms with Gasteiger partial charge in [-0.3, -0.25) is 0 Å². The van der Waals surface area contributed by atoms with Crippen molar-refractivity contribution < 1.29 is 31.5 Å². The van der Waals surface area contributed by atoms with Crippen molar-refractivity contribution in [2.24, 2.45) is 10.7 Å². The van der Waals surface area contributed by atoms with Crippen molar-refractivity contribution in [3.63, 3.8) is 0 Å². The molecule has 0 spiro atoms. The molecule has 0 saturated carbocycles. The summed E-state index contributed by atoms with van der Waals surface area (Å²) in [7, 11) is 1.57. The third-order valence-corrected chi connectivity index (χ3v) is 6.00. The Balaban J connectivity index is 1.37. The lowest BCUT2D eigenvalue weighted by Crippen LogP contribution is -2.41. The Kier molecular flexibility index (Phi) is 6.71. The van der Waals surface area contributed by atoms with Gasteiger partial charge in [-0.1, -0.05) is 0 Å². The van der Waals surface area contributed by atoms with Crippen molar-refractivity contribution in [2.45, 2.75) is 12.3 Å². The molecule has 1 aliphatic rings. The van der Waals surface area contributed by atoms with Crippen LogP contribution in [0.2, 0.25) is 0 Å². The molecule has 0 fully saturated rings. The molecule has 39 heavy (non-hydrogen) atoms. The van der Waals surface area contributed by atoms with Gasteiger partial charge in [0.1, 0.15) is 23.6 Å². The van der Waals surface area contributed by atoms with Crippen LogP contribution in [0.25, 0.3) is 0 Å². The topological polar surface area (TPSA) is 105 Å². The predicted molar refractivity (Wildman–Crippen MR) is 138 cm³/mol. The van der Waals surface area contributed by atoms with Gasteiger partial charge in [-0.15, -0.1) is 0 Å². The number of nitrogens with two attached hydrogens (primary N) is 1. The average Bonchev–Trinajstić information content (AvgIpc) is 3.39. The zero-order chi connectivity index (χ0) is 27.7. The van der Waals surface area contributed by atoms with Gasteiger partial charge in [0.2, 0.25) is 5.88 Å². The number of amidine groups is 1. The van der Waals surface area contributed by atoms with Crippen LogP contribution < -0.4 is 26.0 Å². The Hall–Kier alpha value is -4.84. The highest BCUT2D eigenvalue weighted by molar-refractivity contribution is 6.12. The summed E-state index contributed by atoms with van der Waals surface area (Å²) in [6.45, 7) is 0. The number of halogens is 4. The lowest BCUT2D eigenvalue weighted by Gasteiger charge is -2.34. The highest BCUT2D eigenvalue weighted by atomic mass is 19.4. The van der Waals surface area contributed by atoms with Gasteiger partial charge in [-0.2, -0.15) is 18.2 Å². The second kappa shape index (κ2) is 10.1. The first-order valence-electron chi connectivity index (χ1n) is 11.5. The number of ether oxygens (including phenoxy) is 1. The maximum Gasteiger partial charge on any atom is 0.416 e. The molecule has 200 valence electrons. The minimum Gasteiger partial charge on any atom is -0.497 e. The van der Waals surface area contributed by atoms with Gasteiger partial charge in [-0.25, -0.2) is 9.18 Å². The van der Waals surface area contributed by atoms with E-state index in [1.54, 1.807) is 54.5 Å². The van der Waals surface area contributed by atoms with Crippen molar-refractivity contribution in [3.05, 3.63) is 102 Å². The summed E-state index contributed by atoms with van der Waals surface area (Å²) in [5.41, 5.74) is 7.26. The standard InChI is InChI=1S/C27H21F4N5O3/c1-38-19-9-2-15(3-10-19)24-35-25-20(12-13-39-25)23(32)36(24)18-7-5-17(6-8-18)33-26(37)34-22-14-16(27(29,30)31)4-11-21(22)28/h2-14,23H,32H2,1H3,(H2,33,34,37). The number of furan rings is 1. The minimum absolute atomic E-state index is 0.307. The van der Waals surface area contributed by atoms with Crippen LogP contribution in [0.4, 0.5) is 45.3 Å². The van der Waals surface area contributed by atoms with Crippen LogP contribution in [0.5, 0.6) is 5.75 Å². The second-order valence-corrected chi connectivity index (χ2v) is 8.48. The average molecular weight is 539 g/mol.